The Morgan fingerprint density at radius 2 is 2.28 bits per heavy atom. The van der Waals surface area contributed by atoms with Crippen LogP contribution in [-0.4, -0.2) is 43.0 Å². The monoisotopic (exact) mass is 268 g/mol. The van der Waals surface area contributed by atoms with Crippen molar-refractivity contribution in [2.24, 2.45) is 5.73 Å². The zero-order valence-electron chi connectivity index (χ0n) is 10.9. The van der Waals surface area contributed by atoms with Gasteiger partial charge in [0.2, 0.25) is 0 Å². The number of benzene rings is 1. The van der Waals surface area contributed by atoms with Gasteiger partial charge < -0.3 is 15.4 Å². The Morgan fingerprint density at radius 1 is 1.50 bits per heavy atom. The number of hydrogen-bond acceptors (Lipinski definition) is 4. The van der Waals surface area contributed by atoms with Crippen molar-refractivity contribution in [3.8, 4) is 5.75 Å². The minimum absolute atomic E-state index is 0.0776. The summed E-state index contributed by atoms with van der Waals surface area (Å²) in [5.74, 6) is 1.34. The highest BCUT2D eigenvalue weighted by molar-refractivity contribution is 7.98. The average molecular weight is 268 g/mol. The molecule has 0 bridgehead atoms. The van der Waals surface area contributed by atoms with E-state index in [1.807, 2.05) is 36.0 Å². The summed E-state index contributed by atoms with van der Waals surface area (Å²) in [4.78, 5) is 12.9. The van der Waals surface area contributed by atoms with E-state index in [0.717, 1.165) is 18.8 Å². The number of primary amides is 1. The number of hydrogen-bond donors (Lipinski definition) is 1. The van der Waals surface area contributed by atoms with Gasteiger partial charge in [-0.25, -0.2) is 0 Å². The van der Waals surface area contributed by atoms with Crippen molar-refractivity contribution in [3.63, 3.8) is 0 Å². The predicted octanol–water partition coefficient (Wildman–Crippen LogP) is 1.35. The number of carbonyl (C=O) groups is 1. The highest BCUT2D eigenvalue weighted by atomic mass is 32.2. The SMILES string of the molecule is CSCCN(C)Cc1cccc(OCC(N)=O)c1. The van der Waals surface area contributed by atoms with Gasteiger partial charge >= 0.3 is 0 Å². The summed E-state index contributed by atoms with van der Waals surface area (Å²) in [7, 11) is 2.09. The summed E-state index contributed by atoms with van der Waals surface area (Å²) in [6, 6.07) is 7.74. The van der Waals surface area contributed by atoms with Crippen LogP contribution in [0.2, 0.25) is 0 Å². The van der Waals surface area contributed by atoms with Gasteiger partial charge in [0.25, 0.3) is 5.91 Å². The molecule has 1 aromatic carbocycles. The summed E-state index contributed by atoms with van der Waals surface area (Å²) in [6.07, 6.45) is 2.10. The van der Waals surface area contributed by atoms with Crippen LogP contribution in [0, 0.1) is 0 Å². The molecule has 2 N–H and O–H groups in total. The predicted molar refractivity (Wildman–Crippen MR) is 75.8 cm³/mol. The summed E-state index contributed by atoms with van der Waals surface area (Å²) in [5.41, 5.74) is 6.21. The number of ether oxygens (including phenoxy) is 1. The number of nitrogens with two attached hydrogens (primary N) is 1. The first-order valence-corrected chi connectivity index (χ1v) is 7.18. The molecule has 1 aromatic rings. The van der Waals surface area contributed by atoms with Gasteiger partial charge in [-0.05, 0) is 31.0 Å². The molecule has 0 aliphatic heterocycles. The van der Waals surface area contributed by atoms with Gasteiger partial charge in [0.05, 0.1) is 0 Å². The Hall–Kier alpha value is -1.20. The van der Waals surface area contributed by atoms with Crippen molar-refractivity contribution in [1.29, 1.82) is 0 Å². The molecular weight excluding hydrogens is 248 g/mol. The molecule has 0 aromatic heterocycles. The van der Waals surface area contributed by atoms with E-state index in [-0.39, 0.29) is 6.61 Å². The zero-order chi connectivity index (χ0) is 13.4. The number of rotatable bonds is 8. The highest BCUT2D eigenvalue weighted by Crippen LogP contribution is 2.14. The summed E-state index contributed by atoms with van der Waals surface area (Å²) in [6.45, 7) is 1.84. The number of amides is 1. The maximum absolute atomic E-state index is 10.6. The Bertz CT molecular complexity index is 385. The topological polar surface area (TPSA) is 55.6 Å². The maximum atomic E-state index is 10.6. The van der Waals surface area contributed by atoms with Crippen LogP contribution >= 0.6 is 11.8 Å². The fourth-order valence-corrected chi connectivity index (χ4v) is 2.02. The molecule has 0 aliphatic carbocycles. The fraction of sp³-hybridized carbons (Fsp3) is 0.462. The lowest BCUT2D eigenvalue weighted by atomic mass is 10.2. The van der Waals surface area contributed by atoms with Gasteiger partial charge in [0.1, 0.15) is 5.75 Å². The lowest BCUT2D eigenvalue weighted by Gasteiger charge is -2.16. The lowest BCUT2D eigenvalue weighted by Crippen LogP contribution is -2.21. The highest BCUT2D eigenvalue weighted by Gasteiger charge is 2.02. The van der Waals surface area contributed by atoms with Crippen LogP contribution < -0.4 is 10.5 Å². The molecular formula is C13H20N2O2S. The Morgan fingerprint density at radius 3 is 2.94 bits per heavy atom. The number of nitrogens with zero attached hydrogens (tertiary/aromatic N) is 1. The Labute approximate surface area is 112 Å². The second kappa shape index (κ2) is 8.00. The van der Waals surface area contributed by atoms with E-state index < -0.39 is 5.91 Å². The Kier molecular flexibility index (Phi) is 6.60. The molecule has 100 valence electrons. The molecule has 5 heteroatoms. The van der Waals surface area contributed by atoms with E-state index in [9.17, 15) is 4.79 Å². The molecule has 1 amide bonds. The number of thioether (sulfide) groups is 1. The van der Waals surface area contributed by atoms with E-state index >= 15 is 0 Å². The Balaban J connectivity index is 2.50. The maximum Gasteiger partial charge on any atom is 0.255 e. The van der Waals surface area contributed by atoms with Gasteiger partial charge in [-0.15, -0.1) is 0 Å². The molecule has 0 heterocycles. The first kappa shape index (κ1) is 14.9. The van der Waals surface area contributed by atoms with Gasteiger partial charge in [-0.2, -0.15) is 11.8 Å². The molecule has 18 heavy (non-hydrogen) atoms. The largest absolute Gasteiger partial charge is 0.484 e. The first-order chi connectivity index (χ1) is 8.61. The molecule has 0 saturated carbocycles. The van der Waals surface area contributed by atoms with Gasteiger partial charge in [-0.3, -0.25) is 4.79 Å². The third kappa shape index (κ3) is 5.93. The normalized spacial score (nSPS) is 10.6. The van der Waals surface area contributed by atoms with Crippen molar-refractivity contribution in [1.82, 2.24) is 4.90 Å². The van der Waals surface area contributed by atoms with Crippen molar-refractivity contribution in [2.75, 3.05) is 32.2 Å². The summed E-state index contributed by atoms with van der Waals surface area (Å²) >= 11 is 1.84. The molecule has 0 radical (unpaired) electrons. The van der Waals surface area contributed by atoms with Crippen LogP contribution in [0.4, 0.5) is 0 Å². The molecule has 1 rings (SSSR count). The smallest absolute Gasteiger partial charge is 0.255 e. The minimum atomic E-state index is -0.461. The van der Waals surface area contributed by atoms with E-state index in [4.69, 9.17) is 10.5 Å². The molecule has 0 atom stereocenters. The summed E-state index contributed by atoms with van der Waals surface area (Å²) < 4.78 is 5.27. The molecule has 0 unspecified atom stereocenters. The van der Waals surface area contributed by atoms with E-state index in [1.54, 1.807) is 0 Å². The first-order valence-electron chi connectivity index (χ1n) is 5.79. The number of carbonyl (C=O) groups excluding carboxylic acids is 1. The molecule has 4 nitrogen and oxygen atoms in total. The second-order valence-corrected chi connectivity index (χ2v) is 5.12. The quantitative estimate of drug-likeness (QED) is 0.773. The average Bonchev–Trinajstić information content (AvgIpc) is 2.34. The third-order valence-corrected chi connectivity index (χ3v) is 3.00. The van der Waals surface area contributed by atoms with E-state index in [1.165, 1.54) is 5.56 Å². The molecule has 0 saturated heterocycles. The van der Waals surface area contributed by atoms with Gasteiger partial charge in [0.15, 0.2) is 6.61 Å². The van der Waals surface area contributed by atoms with Crippen LogP contribution in [0.5, 0.6) is 5.75 Å². The standard InChI is InChI=1S/C13H20N2O2S/c1-15(6-7-18-2)9-11-4-3-5-12(8-11)17-10-13(14)16/h3-5,8H,6-7,9-10H2,1-2H3,(H2,14,16). The van der Waals surface area contributed by atoms with Crippen LogP contribution in [0.3, 0.4) is 0 Å². The van der Waals surface area contributed by atoms with Crippen LogP contribution in [0.15, 0.2) is 24.3 Å². The molecule has 0 aliphatic rings. The van der Waals surface area contributed by atoms with Crippen molar-refractivity contribution >= 4 is 17.7 Å². The van der Waals surface area contributed by atoms with Crippen LogP contribution in [0.1, 0.15) is 5.56 Å². The van der Waals surface area contributed by atoms with E-state index in [2.05, 4.69) is 18.2 Å². The van der Waals surface area contributed by atoms with Crippen LogP contribution in [0.25, 0.3) is 0 Å². The van der Waals surface area contributed by atoms with Crippen molar-refractivity contribution in [3.05, 3.63) is 29.8 Å². The van der Waals surface area contributed by atoms with Crippen molar-refractivity contribution < 1.29 is 9.53 Å². The third-order valence-electron chi connectivity index (χ3n) is 2.41. The molecule has 0 spiro atoms. The summed E-state index contributed by atoms with van der Waals surface area (Å²) in [5, 5.41) is 0. The second-order valence-electron chi connectivity index (χ2n) is 4.13. The zero-order valence-corrected chi connectivity index (χ0v) is 11.7. The minimum Gasteiger partial charge on any atom is -0.484 e. The van der Waals surface area contributed by atoms with Crippen LogP contribution in [-0.2, 0) is 11.3 Å². The molecule has 0 fully saturated rings. The van der Waals surface area contributed by atoms with Gasteiger partial charge in [0, 0.05) is 18.8 Å². The van der Waals surface area contributed by atoms with Crippen molar-refractivity contribution in [2.45, 2.75) is 6.54 Å². The lowest BCUT2D eigenvalue weighted by molar-refractivity contribution is -0.119. The van der Waals surface area contributed by atoms with Gasteiger partial charge in [-0.1, -0.05) is 12.1 Å². The fourth-order valence-electron chi connectivity index (χ4n) is 1.53. The van der Waals surface area contributed by atoms with E-state index in [0.29, 0.717) is 5.75 Å².